The van der Waals surface area contributed by atoms with Gasteiger partial charge in [0.25, 0.3) is 5.91 Å². The Labute approximate surface area is 198 Å². The van der Waals surface area contributed by atoms with Gasteiger partial charge in [-0.05, 0) is 47.5 Å². The Morgan fingerprint density at radius 2 is 1.48 bits per heavy atom. The monoisotopic (exact) mass is 563 g/mol. The predicted octanol–water partition coefficient (Wildman–Crippen LogP) is 4.55. The summed E-state index contributed by atoms with van der Waals surface area (Å²) in [7, 11) is -3.90. The fourth-order valence-electron chi connectivity index (χ4n) is 2.69. The molecule has 0 radical (unpaired) electrons. The minimum absolute atomic E-state index is 0.0586. The predicted molar refractivity (Wildman–Crippen MR) is 128 cm³/mol. The second-order valence-electron chi connectivity index (χ2n) is 6.56. The highest BCUT2D eigenvalue weighted by Gasteiger charge is 2.26. The molecule has 0 spiro atoms. The topological polar surface area (TPSA) is 78.8 Å². The zero-order chi connectivity index (χ0) is 22.3. The Morgan fingerprint density at radius 3 is 2.10 bits per heavy atom. The number of carbonyl (C=O) groups excluding carboxylic acids is 1. The van der Waals surface area contributed by atoms with Crippen molar-refractivity contribution in [3.05, 3.63) is 98.9 Å². The standard InChI is InChI=1S/C22H19Br2N3O3S/c23-19-8-6-17(7-9-19)14-25-26-22(28)16-27(15-18-4-2-1-3-5-18)31(29,30)21-12-10-20(24)11-13-21/h1-14H,15-16H2,(H,26,28)/b25-14-. The number of sulfonamides is 1. The van der Waals surface area contributed by atoms with Crippen LogP contribution in [0.5, 0.6) is 0 Å². The molecule has 1 amide bonds. The molecule has 3 aromatic carbocycles. The highest BCUT2D eigenvalue weighted by molar-refractivity contribution is 9.10. The second-order valence-corrected chi connectivity index (χ2v) is 10.3. The molecular weight excluding hydrogens is 546 g/mol. The van der Waals surface area contributed by atoms with Crippen LogP contribution in [-0.2, 0) is 21.4 Å². The molecule has 0 aromatic heterocycles. The fourth-order valence-corrected chi connectivity index (χ4v) is 4.60. The number of rotatable bonds is 8. The van der Waals surface area contributed by atoms with Crippen molar-refractivity contribution < 1.29 is 13.2 Å². The first-order chi connectivity index (χ1) is 14.8. The number of carbonyl (C=O) groups is 1. The first kappa shape index (κ1) is 23.3. The molecule has 0 heterocycles. The first-order valence-corrected chi connectivity index (χ1v) is 12.2. The maximum Gasteiger partial charge on any atom is 0.255 e. The maximum atomic E-state index is 13.2. The number of hydrogen-bond donors (Lipinski definition) is 1. The van der Waals surface area contributed by atoms with E-state index in [9.17, 15) is 13.2 Å². The van der Waals surface area contributed by atoms with Crippen LogP contribution in [0.2, 0.25) is 0 Å². The van der Waals surface area contributed by atoms with Crippen LogP contribution in [0.3, 0.4) is 0 Å². The molecule has 160 valence electrons. The van der Waals surface area contributed by atoms with E-state index >= 15 is 0 Å². The zero-order valence-corrected chi connectivity index (χ0v) is 20.3. The van der Waals surface area contributed by atoms with E-state index in [1.54, 1.807) is 12.1 Å². The summed E-state index contributed by atoms with van der Waals surface area (Å²) in [5.74, 6) is -0.537. The van der Waals surface area contributed by atoms with Gasteiger partial charge in [0, 0.05) is 15.5 Å². The van der Waals surface area contributed by atoms with Gasteiger partial charge in [-0.2, -0.15) is 9.41 Å². The molecule has 3 rings (SSSR count). The van der Waals surface area contributed by atoms with E-state index in [1.807, 2.05) is 54.6 Å². The summed E-state index contributed by atoms with van der Waals surface area (Å²) in [6.07, 6.45) is 1.50. The van der Waals surface area contributed by atoms with Crippen LogP contribution in [0.4, 0.5) is 0 Å². The Morgan fingerprint density at radius 1 is 0.903 bits per heavy atom. The summed E-state index contributed by atoms with van der Waals surface area (Å²) in [5, 5.41) is 3.93. The fraction of sp³-hybridized carbons (Fsp3) is 0.0909. The van der Waals surface area contributed by atoms with Crippen molar-refractivity contribution in [2.75, 3.05) is 6.54 Å². The summed E-state index contributed by atoms with van der Waals surface area (Å²) in [4.78, 5) is 12.6. The number of halogens is 2. The van der Waals surface area contributed by atoms with E-state index < -0.39 is 15.9 Å². The molecule has 0 fully saturated rings. The van der Waals surface area contributed by atoms with Crippen molar-refractivity contribution in [3.63, 3.8) is 0 Å². The molecule has 0 aliphatic heterocycles. The van der Waals surface area contributed by atoms with E-state index in [4.69, 9.17) is 0 Å². The molecule has 3 aromatic rings. The first-order valence-electron chi connectivity index (χ1n) is 9.22. The van der Waals surface area contributed by atoms with Gasteiger partial charge in [-0.25, -0.2) is 13.8 Å². The largest absolute Gasteiger partial charge is 0.272 e. The van der Waals surface area contributed by atoms with E-state index in [0.717, 1.165) is 24.4 Å². The van der Waals surface area contributed by atoms with Gasteiger partial charge in [0.2, 0.25) is 10.0 Å². The van der Waals surface area contributed by atoms with Crippen molar-refractivity contribution in [2.45, 2.75) is 11.4 Å². The van der Waals surface area contributed by atoms with E-state index in [-0.39, 0.29) is 18.0 Å². The van der Waals surface area contributed by atoms with Crippen LogP contribution in [-0.4, -0.2) is 31.4 Å². The lowest BCUT2D eigenvalue weighted by molar-refractivity contribution is -0.121. The Hall–Kier alpha value is -2.33. The molecule has 0 aliphatic carbocycles. The van der Waals surface area contributed by atoms with Crippen LogP contribution in [0, 0.1) is 0 Å². The number of hydrazone groups is 1. The van der Waals surface area contributed by atoms with Gasteiger partial charge >= 0.3 is 0 Å². The van der Waals surface area contributed by atoms with Crippen molar-refractivity contribution in [1.82, 2.24) is 9.73 Å². The number of amides is 1. The second kappa shape index (κ2) is 10.8. The quantitative estimate of drug-likeness (QED) is 0.322. The highest BCUT2D eigenvalue weighted by Crippen LogP contribution is 2.20. The van der Waals surface area contributed by atoms with Crippen LogP contribution in [0.15, 0.2) is 97.8 Å². The van der Waals surface area contributed by atoms with Crippen molar-refractivity contribution in [2.24, 2.45) is 5.10 Å². The van der Waals surface area contributed by atoms with Gasteiger partial charge in [0.1, 0.15) is 0 Å². The minimum atomic E-state index is -3.90. The number of benzene rings is 3. The third-order valence-electron chi connectivity index (χ3n) is 4.25. The molecule has 0 unspecified atom stereocenters. The average Bonchev–Trinajstić information content (AvgIpc) is 2.76. The molecule has 6 nitrogen and oxygen atoms in total. The Bertz CT molecular complexity index is 1150. The lowest BCUT2D eigenvalue weighted by atomic mass is 10.2. The molecule has 0 saturated heterocycles. The van der Waals surface area contributed by atoms with Crippen LogP contribution in [0.1, 0.15) is 11.1 Å². The summed E-state index contributed by atoms with van der Waals surface area (Å²) in [5.41, 5.74) is 3.97. The smallest absolute Gasteiger partial charge is 0.255 e. The molecule has 0 aliphatic rings. The van der Waals surface area contributed by atoms with Crippen molar-refractivity contribution in [1.29, 1.82) is 0 Å². The van der Waals surface area contributed by atoms with Gasteiger partial charge in [-0.15, -0.1) is 0 Å². The van der Waals surface area contributed by atoms with E-state index in [1.165, 1.54) is 18.3 Å². The number of nitrogens with one attached hydrogen (secondary N) is 1. The summed E-state index contributed by atoms with van der Waals surface area (Å²) >= 11 is 6.66. The maximum absolute atomic E-state index is 13.2. The minimum Gasteiger partial charge on any atom is -0.272 e. The third kappa shape index (κ3) is 6.83. The van der Waals surface area contributed by atoms with Gasteiger partial charge < -0.3 is 0 Å². The Kier molecular flexibility index (Phi) is 8.14. The van der Waals surface area contributed by atoms with Gasteiger partial charge in [0.05, 0.1) is 17.7 Å². The molecule has 0 bridgehead atoms. The van der Waals surface area contributed by atoms with Gasteiger partial charge in [-0.3, -0.25) is 4.79 Å². The van der Waals surface area contributed by atoms with Crippen LogP contribution in [0.25, 0.3) is 0 Å². The lowest BCUT2D eigenvalue weighted by Crippen LogP contribution is -2.39. The molecular formula is C22H19Br2N3O3S. The van der Waals surface area contributed by atoms with Crippen molar-refractivity contribution in [3.8, 4) is 0 Å². The van der Waals surface area contributed by atoms with Gasteiger partial charge in [-0.1, -0.05) is 74.3 Å². The number of hydrogen-bond acceptors (Lipinski definition) is 4. The van der Waals surface area contributed by atoms with Gasteiger partial charge in [0.15, 0.2) is 0 Å². The van der Waals surface area contributed by atoms with Crippen molar-refractivity contribution >= 4 is 54.0 Å². The lowest BCUT2D eigenvalue weighted by Gasteiger charge is -2.21. The number of nitrogens with zero attached hydrogens (tertiary/aromatic N) is 2. The molecule has 0 atom stereocenters. The summed E-state index contributed by atoms with van der Waals surface area (Å²) in [6.45, 7) is -0.311. The summed E-state index contributed by atoms with van der Waals surface area (Å²) < 4.78 is 29.2. The third-order valence-corrected chi connectivity index (χ3v) is 7.11. The highest BCUT2D eigenvalue weighted by atomic mass is 79.9. The van der Waals surface area contributed by atoms with Crippen LogP contribution < -0.4 is 5.43 Å². The zero-order valence-electron chi connectivity index (χ0n) is 16.3. The molecule has 1 N–H and O–H groups in total. The molecule has 31 heavy (non-hydrogen) atoms. The molecule has 0 saturated carbocycles. The normalized spacial score (nSPS) is 11.7. The SMILES string of the molecule is O=C(CN(Cc1ccccc1)S(=O)(=O)c1ccc(Br)cc1)N/N=C\c1ccc(Br)cc1. The summed E-state index contributed by atoms with van der Waals surface area (Å²) in [6, 6.07) is 22.8. The Balaban J connectivity index is 1.76. The average molecular weight is 565 g/mol. The molecule has 9 heteroatoms. The van der Waals surface area contributed by atoms with Crippen LogP contribution >= 0.6 is 31.9 Å². The van der Waals surface area contributed by atoms with E-state index in [2.05, 4.69) is 42.4 Å². The van der Waals surface area contributed by atoms with E-state index in [0.29, 0.717) is 0 Å².